The van der Waals surface area contributed by atoms with Crippen molar-refractivity contribution in [2.24, 2.45) is 0 Å². The number of carbonyl (C=O) groups is 1. The van der Waals surface area contributed by atoms with Crippen LogP contribution < -0.4 is 0 Å². The van der Waals surface area contributed by atoms with Crippen LogP contribution in [0.4, 0.5) is 0 Å². The van der Waals surface area contributed by atoms with Crippen molar-refractivity contribution in [2.45, 2.75) is 19.3 Å². The average Bonchev–Trinajstić information content (AvgIpc) is 2.87. The number of nitrogens with zero attached hydrogens (tertiary/aromatic N) is 1. The number of hydrogen-bond acceptors (Lipinski definition) is 4. The van der Waals surface area contributed by atoms with Gasteiger partial charge in [-0.25, -0.2) is 4.98 Å². The maximum atomic E-state index is 11.0. The molecule has 1 atom stereocenters. The zero-order valence-corrected chi connectivity index (χ0v) is 12.2. The van der Waals surface area contributed by atoms with Crippen molar-refractivity contribution in [3.63, 3.8) is 0 Å². The van der Waals surface area contributed by atoms with Crippen molar-refractivity contribution < 1.29 is 9.90 Å². The smallest absolute Gasteiger partial charge is 0.312 e. The first kappa shape index (κ1) is 12.7. The molecule has 3 nitrogen and oxygen atoms in total. The van der Waals surface area contributed by atoms with Gasteiger partial charge in [0.25, 0.3) is 0 Å². The van der Waals surface area contributed by atoms with Gasteiger partial charge >= 0.3 is 5.97 Å². The van der Waals surface area contributed by atoms with Gasteiger partial charge in [-0.15, -0.1) is 22.7 Å². The average molecular weight is 332 g/mol. The Morgan fingerprint density at radius 2 is 2.35 bits per heavy atom. The highest BCUT2D eigenvalue weighted by molar-refractivity contribution is 9.11. The third-order valence-corrected chi connectivity index (χ3v) is 5.02. The Labute approximate surface area is 115 Å². The van der Waals surface area contributed by atoms with Crippen LogP contribution in [-0.4, -0.2) is 16.1 Å². The van der Waals surface area contributed by atoms with E-state index in [1.165, 1.54) is 11.3 Å². The Morgan fingerprint density at radius 3 is 2.88 bits per heavy atom. The molecule has 1 N–H and O–H groups in total. The molecule has 2 aromatic heterocycles. The van der Waals surface area contributed by atoms with E-state index >= 15 is 0 Å². The molecule has 0 bridgehead atoms. The number of thiazole rings is 1. The van der Waals surface area contributed by atoms with E-state index in [1.807, 2.05) is 24.4 Å². The van der Waals surface area contributed by atoms with Gasteiger partial charge in [-0.2, -0.15) is 0 Å². The van der Waals surface area contributed by atoms with Crippen molar-refractivity contribution in [1.29, 1.82) is 0 Å². The summed E-state index contributed by atoms with van der Waals surface area (Å²) in [6.45, 7) is 1.86. The number of rotatable bonds is 4. The van der Waals surface area contributed by atoms with Crippen molar-refractivity contribution in [2.75, 3.05) is 0 Å². The van der Waals surface area contributed by atoms with E-state index in [0.717, 1.165) is 13.7 Å². The van der Waals surface area contributed by atoms with Gasteiger partial charge < -0.3 is 5.11 Å². The topological polar surface area (TPSA) is 50.2 Å². The molecule has 0 aliphatic carbocycles. The molecule has 0 saturated heterocycles. The molecule has 0 spiro atoms. The number of thiophene rings is 1. The normalized spacial score (nSPS) is 12.6. The third-order valence-electron chi connectivity index (χ3n) is 2.37. The minimum Gasteiger partial charge on any atom is -0.481 e. The molecule has 0 saturated carbocycles. The highest BCUT2D eigenvalue weighted by Gasteiger charge is 2.21. The zero-order valence-electron chi connectivity index (χ0n) is 9.01. The summed E-state index contributed by atoms with van der Waals surface area (Å²) in [6.07, 6.45) is 0.562. The molecule has 0 aliphatic heterocycles. The third kappa shape index (κ3) is 2.75. The quantitative estimate of drug-likeness (QED) is 0.912. The largest absolute Gasteiger partial charge is 0.481 e. The number of hydrogen-bond donors (Lipinski definition) is 1. The summed E-state index contributed by atoms with van der Waals surface area (Å²) in [5.41, 5.74) is 0.657. The van der Waals surface area contributed by atoms with Crippen LogP contribution in [-0.2, 0) is 4.79 Å². The van der Waals surface area contributed by atoms with Crippen LogP contribution in [0.1, 0.15) is 25.0 Å². The van der Waals surface area contributed by atoms with Crippen molar-refractivity contribution >= 4 is 44.6 Å². The van der Waals surface area contributed by atoms with E-state index in [0.29, 0.717) is 12.1 Å². The lowest BCUT2D eigenvalue weighted by atomic mass is 10.0. The Balaban J connectivity index is 2.29. The Bertz CT molecular complexity index is 535. The molecule has 17 heavy (non-hydrogen) atoms. The van der Waals surface area contributed by atoms with E-state index in [4.69, 9.17) is 5.11 Å². The molecule has 0 fully saturated rings. The van der Waals surface area contributed by atoms with Gasteiger partial charge in [0.15, 0.2) is 0 Å². The predicted octanol–water partition coefficient (Wildman–Crippen LogP) is 4.21. The second-order valence-electron chi connectivity index (χ2n) is 3.48. The predicted molar refractivity (Wildman–Crippen MR) is 73.8 cm³/mol. The minimum absolute atomic E-state index is 0.497. The van der Waals surface area contributed by atoms with Crippen LogP contribution in [0.3, 0.4) is 0 Å². The lowest BCUT2D eigenvalue weighted by molar-refractivity contribution is -0.138. The number of carboxylic acids is 1. The fourth-order valence-corrected chi connectivity index (χ4v) is 3.83. The minimum atomic E-state index is -0.809. The number of carboxylic acid groups (broad SMARTS) is 1. The summed E-state index contributed by atoms with van der Waals surface area (Å²) in [4.78, 5) is 16.5. The molecule has 0 aromatic carbocycles. The van der Waals surface area contributed by atoms with Crippen LogP contribution in [0.25, 0.3) is 9.88 Å². The van der Waals surface area contributed by atoms with Crippen molar-refractivity contribution in [1.82, 2.24) is 4.98 Å². The van der Waals surface area contributed by atoms with Crippen molar-refractivity contribution in [3.05, 3.63) is 27.0 Å². The maximum Gasteiger partial charge on any atom is 0.312 e. The van der Waals surface area contributed by atoms with Gasteiger partial charge in [0, 0.05) is 5.38 Å². The monoisotopic (exact) mass is 331 g/mol. The standard InChI is InChI=1S/C11H10BrNO2S2/c1-2-6(11(14)15)7-5-16-10(13-7)8-3-4-9(12)17-8/h3-6H,2H2,1H3,(H,14,15). The van der Waals surface area contributed by atoms with E-state index in [1.54, 1.807) is 11.3 Å². The lowest BCUT2D eigenvalue weighted by Crippen LogP contribution is -2.10. The first-order valence-corrected chi connectivity index (χ1v) is 7.54. The van der Waals surface area contributed by atoms with Gasteiger partial charge in [0.05, 0.1) is 20.3 Å². The lowest BCUT2D eigenvalue weighted by Gasteiger charge is -2.04. The SMILES string of the molecule is CCC(C(=O)O)c1csc(-c2ccc(Br)s2)n1. The first-order chi connectivity index (χ1) is 8.11. The highest BCUT2D eigenvalue weighted by atomic mass is 79.9. The maximum absolute atomic E-state index is 11.0. The number of aromatic nitrogens is 1. The second-order valence-corrected chi connectivity index (χ2v) is 6.80. The van der Waals surface area contributed by atoms with Crippen LogP contribution in [0, 0.1) is 0 Å². The van der Waals surface area contributed by atoms with E-state index < -0.39 is 11.9 Å². The summed E-state index contributed by atoms with van der Waals surface area (Å²) >= 11 is 6.49. The van der Waals surface area contributed by atoms with Crippen LogP contribution in [0.15, 0.2) is 21.3 Å². The molecular weight excluding hydrogens is 322 g/mol. The molecule has 2 heterocycles. The summed E-state index contributed by atoms with van der Waals surface area (Å²) in [6, 6.07) is 3.95. The fourth-order valence-electron chi connectivity index (χ4n) is 1.50. The van der Waals surface area contributed by atoms with Gasteiger partial charge in [-0.1, -0.05) is 6.92 Å². The first-order valence-electron chi connectivity index (χ1n) is 5.05. The highest BCUT2D eigenvalue weighted by Crippen LogP contribution is 2.34. The summed E-state index contributed by atoms with van der Waals surface area (Å²) in [5.74, 6) is -1.31. The Kier molecular flexibility index (Phi) is 3.96. The van der Waals surface area contributed by atoms with Crippen LogP contribution in [0.2, 0.25) is 0 Å². The zero-order chi connectivity index (χ0) is 12.4. The van der Waals surface area contributed by atoms with E-state index in [-0.39, 0.29) is 0 Å². The van der Waals surface area contributed by atoms with E-state index in [9.17, 15) is 4.79 Å². The molecule has 6 heteroatoms. The van der Waals surface area contributed by atoms with Gasteiger partial charge in [-0.3, -0.25) is 4.79 Å². The second kappa shape index (κ2) is 5.29. The Hall–Kier alpha value is -0.720. The summed E-state index contributed by atoms with van der Waals surface area (Å²) in [7, 11) is 0. The summed E-state index contributed by atoms with van der Waals surface area (Å²) in [5, 5.41) is 11.8. The van der Waals surface area contributed by atoms with Crippen molar-refractivity contribution in [3.8, 4) is 9.88 Å². The van der Waals surface area contributed by atoms with Crippen LogP contribution in [0.5, 0.6) is 0 Å². The van der Waals surface area contributed by atoms with Crippen LogP contribution >= 0.6 is 38.6 Å². The van der Waals surface area contributed by atoms with Gasteiger partial charge in [-0.05, 0) is 34.5 Å². The number of halogens is 1. The van der Waals surface area contributed by atoms with Gasteiger partial charge in [0.1, 0.15) is 5.01 Å². The summed E-state index contributed by atoms with van der Waals surface area (Å²) < 4.78 is 1.05. The molecule has 1 unspecified atom stereocenters. The molecular formula is C11H10BrNO2S2. The molecule has 0 amide bonds. The molecule has 2 rings (SSSR count). The molecule has 2 aromatic rings. The number of aliphatic carboxylic acids is 1. The Morgan fingerprint density at radius 1 is 1.59 bits per heavy atom. The van der Waals surface area contributed by atoms with Gasteiger partial charge in [0.2, 0.25) is 0 Å². The molecule has 0 radical (unpaired) electrons. The molecule has 90 valence electrons. The van der Waals surface area contributed by atoms with E-state index in [2.05, 4.69) is 20.9 Å². The molecule has 0 aliphatic rings. The fraction of sp³-hybridized carbons (Fsp3) is 0.273.